The molecular formula is C27H32FN3O5. The molecule has 2 aliphatic heterocycles. The van der Waals surface area contributed by atoms with Crippen molar-refractivity contribution in [1.29, 1.82) is 0 Å². The van der Waals surface area contributed by atoms with Crippen molar-refractivity contribution in [3.05, 3.63) is 65.5 Å². The number of amides is 2. The number of nitrogens with zero attached hydrogens (tertiary/aromatic N) is 2. The van der Waals surface area contributed by atoms with E-state index in [1.54, 1.807) is 23.7 Å². The van der Waals surface area contributed by atoms with Crippen LogP contribution >= 0.6 is 0 Å². The zero-order valence-electron chi connectivity index (χ0n) is 20.2. The van der Waals surface area contributed by atoms with E-state index >= 15 is 0 Å². The average molecular weight is 498 g/mol. The zero-order valence-corrected chi connectivity index (χ0v) is 20.2. The number of aryl methyl sites for hydroxylation is 1. The minimum absolute atomic E-state index is 0.193. The smallest absolute Gasteiger partial charge is 0.414 e. The molecule has 0 aromatic heterocycles. The number of hydroxylamine groups is 1. The highest BCUT2D eigenvalue weighted by atomic mass is 19.1. The Balaban J connectivity index is 1.19. The van der Waals surface area contributed by atoms with Gasteiger partial charge in [0, 0.05) is 19.2 Å². The summed E-state index contributed by atoms with van der Waals surface area (Å²) in [7, 11) is 0. The summed E-state index contributed by atoms with van der Waals surface area (Å²) in [6, 6.07) is 12.8. The van der Waals surface area contributed by atoms with Gasteiger partial charge in [0.2, 0.25) is 0 Å². The fraction of sp³-hybridized carbons (Fsp3) is 0.407. The average Bonchev–Trinajstić information content (AvgIpc) is 3.28. The molecular weight excluding hydrogens is 465 g/mol. The highest BCUT2D eigenvalue weighted by Crippen LogP contribution is 2.29. The van der Waals surface area contributed by atoms with Gasteiger partial charge in [0.1, 0.15) is 11.9 Å². The van der Waals surface area contributed by atoms with E-state index < -0.39 is 12.0 Å². The number of cyclic esters (lactones) is 1. The normalized spacial score (nSPS) is 18.1. The summed E-state index contributed by atoms with van der Waals surface area (Å²) in [5.74, 6) is -0.908. The van der Waals surface area contributed by atoms with Crippen LogP contribution in [0, 0.1) is 5.82 Å². The van der Waals surface area contributed by atoms with Crippen LogP contribution in [-0.4, -0.2) is 56.2 Å². The minimum Gasteiger partial charge on any atom is -0.444 e. The third kappa shape index (κ3) is 6.83. The number of anilines is 2. The second-order valence-electron chi connectivity index (χ2n) is 9.00. The number of nitrogens with one attached hydrogen (secondary N) is 1. The molecule has 2 saturated heterocycles. The van der Waals surface area contributed by atoms with Gasteiger partial charge in [-0.25, -0.2) is 14.7 Å². The molecule has 0 saturated carbocycles. The Bertz CT molecular complexity index is 1070. The Morgan fingerprint density at radius 3 is 2.61 bits per heavy atom. The predicted octanol–water partition coefficient (Wildman–Crippen LogP) is 4.31. The summed E-state index contributed by atoms with van der Waals surface area (Å²) >= 11 is 0. The van der Waals surface area contributed by atoms with Crippen molar-refractivity contribution in [3.63, 3.8) is 0 Å². The van der Waals surface area contributed by atoms with Crippen LogP contribution in [0.15, 0.2) is 48.5 Å². The topological polar surface area (TPSA) is 91.3 Å². The zero-order chi connectivity index (χ0) is 25.3. The molecule has 2 heterocycles. The van der Waals surface area contributed by atoms with Crippen molar-refractivity contribution in [3.8, 4) is 0 Å². The predicted molar refractivity (Wildman–Crippen MR) is 135 cm³/mol. The molecule has 2 fully saturated rings. The van der Waals surface area contributed by atoms with Crippen LogP contribution in [0.25, 0.3) is 6.08 Å². The number of hydrogen-bond acceptors (Lipinski definition) is 6. The minimum atomic E-state index is -0.566. The maximum absolute atomic E-state index is 14.8. The molecule has 2 amide bonds. The van der Waals surface area contributed by atoms with Crippen molar-refractivity contribution in [2.24, 2.45) is 0 Å². The van der Waals surface area contributed by atoms with E-state index in [1.807, 2.05) is 29.2 Å². The Morgan fingerprint density at radius 1 is 1.11 bits per heavy atom. The van der Waals surface area contributed by atoms with Crippen LogP contribution in [0.4, 0.5) is 20.6 Å². The molecule has 1 atom stereocenters. The Kier molecular flexibility index (Phi) is 8.91. The number of carbonyl (C=O) groups is 2. The number of unbranched alkanes of at least 4 members (excludes halogenated alkanes) is 2. The van der Waals surface area contributed by atoms with E-state index in [9.17, 15) is 14.0 Å². The molecule has 0 aliphatic carbocycles. The molecule has 36 heavy (non-hydrogen) atoms. The summed E-state index contributed by atoms with van der Waals surface area (Å²) in [6.45, 7) is 2.89. The first-order chi connectivity index (χ1) is 17.5. The number of morpholine rings is 1. The number of ether oxygens (including phenoxy) is 2. The second kappa shape index (κ2) is 12.5. The van der Waals surface area contributed by atoms with Gasteiger partial charge in [-0.1, -0.05) is 30.7 Å². The summed E-state index contributed by atoms with van der Waals surface area (Å²) in [4.78, 5) is 26.9. The number of rotatable bonds is 10. The van der Waals surface area contributed by atoms with Crippen LogP contribution in [0.5, 0.6) is 0 Å². The Morgan fingerprint density at radius 2 is 1.89 bits per heavy atom. The van der Waals surface area contributed by atoms with Crippen molar-refractivity contribution < 1.29 is 28.7 Å². The van der Waals surface area contributed by atoms with E-state index in [1.165, 1.54) is 22.6 Å². The third-order valence-electron chi connectivity index (χ3n) is 6.48. The molecule has 8 nitrogen and oxygen atoms in total. The van der Waals surface area contributed by atoms with E-state index in [0.717, 1.165) is 37.7 Å². The molecule has 2 aromatic carbocycles. The van der Waals surface area contributed by atoms with Crippen molar-refractivity contribution in [2.75, 3.05) is 42.6 Å². The van der Waals surface area contributed by atoms with Gasteiger partial charge in [-0.15, -0.1) is 0 Å². The summed E-state index contributed by atoms with van der Waals surface area (Å²) < 4.78 is 25.6. The molecule has 2 aliphatic rings. The lowest BCUT2D eigenvalue weighted by molar-refractivity contribution is -0.124. The van der Waals surface area contributed by atoms with E-state index in [4.69, 9.17) is 14.7 Å². The van der Waals surface area contributed by atoms with Crippen LogP contribution in [-0.2, 0) is 20.7 Å². The monoisotopic (exact) mass is 497 g/mol. The summed E-state index contributed by atoms with van der Waals surface area (Å²) in [6.07, 6.45) is 6.95. The Hall–Kier alpha value is -3.43. The summed E-state index contributed by atoms with van der Waals surface area (Å²) in [5.41, 5.74) is 4.70. The number of carbonyl (C=O) groups excluding carboxylic acids is 2. The molecule has 2 aromatic rings. The fourth-order valence-electron chi connectivity index (χ4n) is 4.49. The van der Waals surface area contributed by atoms with Crippen molar-refractivity contribution >= 4 is 29.5 Å². The fourth-order valence-corrected chi connectivity index (χ4v) is 4.49. The van der Waals surface area contributed by atoms with Crippen LogP contribution in [0.2, 0.25) is 0 Å². The van der Waals surface area contributed by atoms with Crippen molar-refractivity contribution in [1.82, 2.24) is 5.48 Å². The standard InChI is InChI=1S/C27H32FN3O5/c28-24-18-22(11-12-25(24)30-14-16-35-17-15-30)31-19-23(36-27(31)33)5-3-1-2-4-20-6-8-21(9-7-20)10-13-26(32)29-34/h6-13,18,23,34H,1-5,14-17,19H2,(H,29,32)/b13-10+/t23-/m0/s1. The van der Waals surface area contributed by atoms with Crippen LogP contribution < -0.4 is 15.3 Å². The Labute approximate surface area is 210 Å². The van der Waals surface area contributed by atoms with Gasteiger partial charge in [-0.2, -0.15) is 0 Å². The second-order valence-corrected chi connectivity index (χ2v) is 9.00. The maximum Gasteiger partial charge on any atom is 0.414 e. The van der Waals surface area contributed by atoms with Gasteiger partial charge in [0.15, 0.2) is 0 Å². The molecule has 2 N–H and O–H groups in total. The van der Waals surface area contributed by atoms with Gasteiger partial charge < -0.3 is 14.4 Å². The van der Waals surface area contributed by atoms with Crippen molar-refractivity contribution in [2.45, 2.75) is 38.2 Å². The molecule has 0 bridgehead atoms. The summed E-state index contributed by atoms with van der Waals surface area (Å²) in [5, 5.41) is 8.51. The molecule has 0 radical (unpaired) electrons. The maximum atomic E-state index is 14.8. The lowest BCUT2D eigenvalue weighted by atomic mass is 10.0. The van der Waals surface area contributed by atoms with Gasteiger partial charge in [-0.05, 0) is 61.1 Å². The number of halogens is 1. The first-order valence-corrected chi connectivity index (χ1v) is 12.3. The lowest BCUT2D eigenvalue weighted by Crippen LogP contribution is -2.36. The first kappa shape index (κ1) is 25.7. The van der Waals surface area contributed by atoms with E-state index in [-0.39, 0.29) is 11.9 Å². The SMILES string of the molecule is O=C(/C=C/c1ccc(CCCCC[C@H]2CN(c3ccc(N4CCOCC4)c(F)c3)C(=O)O2)cc1)NO. The molecule has 0 spiro atoms. The molecule has 192 valence electrons. The third-order valence-corrected chi connectivity index (χ3v) is 6.48. The van der Waals surface area contributed by atoms with Gasteiger partial charge in [0.25, 0.3) is 5.91 Å². The molecule has 0 unspecified atom stereocenters. The number of benzene rings is 2. The highest BCUT2D eigenvalue weighted by molar-refractivity contribution is 5.91. The van der Waals surface area contributed by atoms with Crippen LogP contribution in [0.1, 0.15) is 36.8 Å². The van der Waals surface area contributed by atoms with Gasteiger partial charge in [0.05, 0.1) is 31.1 Å². The van der Waals surface area contributed by atoms with Crippen LogP contribution in [0.3, 0.4) is 0 Å². The van der Waals surface area contributed by atoms with Gasteiger partial charge >= 0.3 is 6.09 Å². The van der Waals surface area contributed by atoms with E-state index in [0.29, 0.717) is 44.2 Å². The number of hydrogen-bond donors (Lipinski definition) is 2. The molecule has 4 rings (SSSR count). The van der Waals surface area contributed by atoms with E-state index in [2.05, 4.69) is 0 Å². The molecule has 9 heteroatoms. The highest BCUT2D eigenvalue weighted by Gasteiger charge is 2.32. The largest absolute Gasteiger partial charge is 0.444 e. The first-order valence-electron chi connectivity index (χ1n) is 12.3. The lowest BCUT2D eigenvalue weighted by Gasteiger charge is -2.29. The quantitative estimate of drug-likeness (QED) is 0.220. The van der Waals surface area contributed by atoms with Gasteiger partial charge in [-0.3, -0.25) is 14.9 Å².